The third-order valence-corrected chi connectivity index (χ3v) is 3.97. The number of hydrogen-bond acceptors (Lipinski definition) is 6. The number of cyclic esters (lactones) is 1. The summed E-state index contributed by atoms with van der Waals surface area (Å²) in [6, 6.07) is 10.2. The van der Waals surface area contributed by atoms with E-state index in [0.717, 1.165) is 0 Å². The summed E-state index contributed by atoms with van der Waals surface area (Å²) in [5.74, 6) is -1.67. The van der Waals surface area contributed by atoms with Crippen molar-refractivity contribution >= 4 is 29.7 Å². The third kappa shape index (κ3) is 4.08. The van der Waals surface area contributed by atoms with Crippen molar-refractivity contribution in [2.75, 3.05) is 7.11 Å². The van der Waals surface area contributed by atoms with Gasteiger partial charge in [-0.25, -0.2) is 9.79 Å². The second-order valence-electron chi connectivity index (χ2n) is 4.91. The fraction of sp³-hybridized carbons (Fsp3) is 0.176. The van der Waals surface area contributed by atoms with Crippen LogP contribution in [0, 0.1) is 0 Å². The average molecular weight is 365 g/mol. The van der Waals surface area contributed by atoms with Gasteiger partial charge in [-0.3, -0.25) is 0 Å². The van der Waals surface area contributed by atoms with Crippen LogP contribution in [0.2, 0.25) is 0 Å². The lowest BCUT2D eigenvalue weighted by Gasteiger charge is -2.05. The van der Waals surface area contributed by atoms with Gasteiger partial charge in [0.15, 0.2) is 5.70 Å². The Labute approximate surface area is 146 Å². The molecule has 0 amide bonds. The number of esters is 1. The van der Waals surface area contributed by atoms with Crippen molar-refractivity contribution in [2.24, 2.45) is 4.99 Å². The minimum Gasteiger partial charge on any atom is -0.496 e. The van der Waals surface area contributed by atoms with Gasteiger partial charge in [-0.1, -0.05) is 23.9 Å². The van der Waals surface area contributed by atoms with Crippen molar-refractivity contribution in [3.8, 4) is 5.75 Å². The van der Waals surface area contributed by atoms with Gasteiger partial charge in [0.1, 0.15) is 17.3 Å². The monoisotopic (exact) mass is 365 g/mol. The molecule has 0 saturated carbocycles. The number of methoxy groups -OCH3 is 1. The van der Waals surface area contributed by atoms with Gasteiger partial charge in [0.25, 0.3) is 5.76 Å². The van der Waals surface area contributed by atoms with E-state index in [1.165, 1.54) is 13.2 Å². The molecule has 1 aliphatic rings. The zero-order valence-electron chi connectivity index (χ0n) is 13.1. The Morgan fingerprint density at radius 1 is 1.28 bits per heavy atom. The Kier molecular flexibility index (Phi) is 5.18. The zero-order chi connectivity index (χ0) is 17.8. The van der Waals surface area contributed by atoms with Crippen LogP contribution in [0.1, 0.15) is 17.1 Å². The number of furan rings is 1. The molecule has 0 saturated heterocycles. The minimum atomic E-state index is -2.47. The Morgan fingerprint density at radius 3 is 2.84 bits per heavy atom. The van der Waals surface area contributed by atoms with Crippen LogP contribution >= 0.6 is 11.8 Å². The van der Waals surface area contributed by atoms with Gasteiger partial charge in [0.2, 0.25) is 5.90 Å². The van der Waals surface area contributed by atoms with Gasteiger partial charge in [-0.2, -0.15) is 8.78 Å². The van der Waals surface area contributed by atoms with Crippen LogP contribution < -0.4 is 4.74 Å². The summed E-state index contributed by atoms with van der Waals surface area (Å²) in [5.41, 5.74) is 0.610. The molecule has 2 aromatic rings. The van der Waals surface area contributed by atoms with Gasteiger partial charge in [-0.05, 0) is 24.3 Å². The SMILES string of the molecule is COc1ccccc1C1=N/C(=C\c2ccc(CSC(F)F)o2)C(=O)O1. The van der Waals surface area contributed by atoms with E-state index < -0.39 is 11.7 Å². The fourth-order valence-electron chi connectivity index (χ4n) is 2.18. The summed E-state index contributed by atoms with van der Waals surface area (Å²) >= 11 is 0.462. The Bertz CT molecular complexity index is 845. The van der Waals surface area contributed by atoms with E-state index in [9.17, 15) is 13.6 Å². The molecule has 130 valence electrons. The van der Waals surface area contributed by atoms with E-state index in [1.54, 1.807) is 36.4 Å². The molecule has 0 N–H and O–H groups in total. The summed E-state index contributed by atoms with van der Waals surface area (Å²) in [7, 11) is 1.51. The van der Waals surface area contributed by atoms with E-state index in [1.807, 2.05) is 0 Å². The third-order valence-electron chi connectivity index (χ3n) is 3.27. The second kappa shape index (κ2) is 7.52. The lowest BCUT2D eigenvalue weighted by Crippen LogP contribution is -2.06. The number of rotatable bonds is 6. The van der Waals surface area contributed by atoms with Crippen LogP contribution in [0.4, 0.5) is 8.78 Å². The number of halogens is 2. The summed E-state index contributed by atoms with van der Waals surface area (Å²) in [4.78, 5) is 16.2. The van der Waals surface area contributed by atoms with E-state index in [0.29, 0.717) is 34.6 Å². The molecule has 0 bridgehead atoms. The van der Waals surface area contributed by atoms with Crippen LogP contribution in [-0.4, -0.2) is 24.7 Å². The summed E-state index contributed by atoms with van der Waals surface area (Å²) in [5, 5.41) is 0. The normalized spacial score (nSPS) is 15.6. The van der Waals surface area contributed by atoms with Crippen LogP contribution in [-0.2, 0) is 15.3 Å². The smallest absolute Gasteiger partial charge is 0.363 e. The molecule has 0 spiro atoms. The van der Waals surface area contributed by atoms with Gasteiger partial charge >= 0.3 is 5.97 Å². The number of carbonyl (C=O) groups is 1. The summed E-state index contributed by atoms with van der Waals surface area (Å²) < 4.78 is 40.2. The van der Waals surface area contributed by atoms with Gasteiger partial charge in [0.05, 0.1) is 18.4 Å². The first-order valence-corrected chi connectivity index (χ1v) is 8.26. The highest BCUT2D eigenvalue weighted by Gasteiger charge is 2.26. The number of thioether (sulfide) groups is 1. The lowest BCUT2D eigenvalue weighted by atomic mass is 10.2. The molecule has 0 radical (unpaired) electrons. The van der Waals surface area contributed by atoms with Gasteiger partial charge in [0, 0.05) is 6.08 Å². The number of para-hydroxylation sites is 1. The topological polar surface area (TPSA) is 61.0 Å². The second-order valence-corrected chi connectivity index (χ2v) is 5.89. The van der Waals surface area contributed by atoms with E-state index in [4.69, 9.17) is 13.9 Å². The molecule has 0 unspecified atom stereocenters. The molecule has 1 aromatic heterocycles. The number of ether oxygens (including phenoxy) is 2. The highest BCUT2D eigenvalue weighted by molar-refractivity contribution is 7.98. The number of benzene rings is 1. The summed E-state index contributed by atoms with van der Waals surface area (Å²) in [6.45, 7) is 0. The maximum atomic E-state index is 12.2. The van der Waals surface area contributed by atoms with Crippen LogP contribution in [0.3, 0.4) is 0 Å². The molecular weight excluding hydrogens is 352 g/mol. The number of aliphatic imine (C=N–C) groups is 1. The molecule has 5 nitrogen and oxygen atoms in total. The molecule has 8 heteroatoms. The van der Waals surface area contributed by atoms with E-state index in [2.05, 4.69) is 4.99 Å². The Morgan fingerprint density at radius 2 is 2.08 bits per heavy atom. The first-order chi connectivity index (χ1) is 12.1. The molecule has 1 aromatic carbocycles. The van der Waals surface area contributed by atoms with Gasteiger partial charge < -0.3 is 13.9 Å². The number of hydrogen-bond donors (Lipinski definition) is 0. The maximum Gasteiger partial charge on any atom is 0.363 e. The largest absolute Gasteiger partial charge is 0.496 e. The molecular formula is C17H13F2NO4S. The van der Waals surface area contributed by atoms with E-state index >= 15 is 0 Å². The molecule has 0 aliphatic carbocycles. The van der Waals surface area contributed by atoms with Crippen LogP contribution in [0.15, 0.2) is 51.5 Å². The fourth-order valence-corrected chi connectivity index (χ4v) is 2.62. The van der Waals surface area contributed by atoms with Crippen molar-refractivity contribution in [1.82, 2.24) is 0 Å². The molecule has 0 fully saturated rings. The Hall–Kier alpha value is -2.61. The van der Waals surface area contributed by atoms with Crippen molar-refractivity contribution in [3.05, 3.63) is 59.2 Å². The average Bonchev–Trinajstić information content (AvgIpc) is 3.20. The van der Waals surface area contributed by atoms with E-state index in [-0.39, 0.29) is 17.3 Å². The van der Waals surface area contributed by atoms with Gasteiger partial charge in [-0.15, -0.1) is 0 Å². The highest BCUT2D eigenvalue weighted by Crippen LogP contribution is 2.26. The Balaban J connectivity index is 1.81. The van der Waals surface area contributed by atoms with Crippen molar-refractivity contribution in [2.45, 2.75) is 11.5 Å². The molecule has 25 heavy (non-hydrogen) atoms. The maximum absolute atomic E-state index is 12.2. The number of nitrogens with zero attached hydrogens (tertiary/aromatic N) is 1. The molecule has 1 aliphatic heterocycles. The number of carbonyl (C=O) groups excluding carboxylic acids is 1. The predicted molar refractivity (Wildman–Crippen MR) is 89.6 cm³/mol. The van der Waals surface area contributed by atoms with Crippen LogP contribution in [0.25, 0.3) is 6.08 Å². The molecule has 3 rings (SSSR count). The standard InChI is InChI=1S/C17H13F2NO4S/c1-22-14-5-3-2-4-12(14)15-20-13(16(21)24-15)8-10-6-7-11(23-10)9-25-17(18)19/h2-8,17H,9H2,1H3/b13-8-. The summed E-state index contributed by atoms with van der Waals surface area (Å²) in [6.07, 6.45) is 1.40. The van der Waals surface area contributed by atoms with Crippen molar-refractivity contribution in [1.29, 1.82) is 0 Å². The highest BCUT2D eigenvalue weighted by atomic mass is 32.2. The minimum absolute atomic E-state index is 0.0427. The zero-order valence-corrected chi connectivity index (χ0v) is 13.9. The van der Waals surface area contributed by atoms with Crippen LogP contribution in [0.5, 0.6) is 5.75 Å². The first kappa shape index (κ1) is 17.2. The van der Waals surface area contributed by atoms with Crippen molar-refractivity contribution < 1.29 is 27.5 Å². The quantitative estimate of drug-likeness (QED) is 0.570. The molecule has 0 atom stereocenters. The van der Waals surface area contributed by atoms with Crippen molar-refractivity contribution in [3.63, 3.8) is 0 Å². The first-order valence-electron chi connectivity index (χ1n) is 7.21. The lowest BCUT2D eigenvalue weighted by molar-refractivity contribution is -0.129. The molecule has 2 heterocycles. The predicted octanol–water partition coefficient (Wildman–Crippen LogP) is 4.09. The number of alkyl halides is 2.